The molecule has 1 aromatic rings. The van der Waals surface area contributed by atoms with Crippen molar-refractivity contribution in [1.29, 1.82) is 0 Å². The van der Waals surface area contributed by atoms with Crippen LogP contribution in [0.25, 0.3) is 0 Å². The minimum Gasteiger partial charge on any atom is -0.316 e. The number of ketones is 1. The summed E-state index contributed by atoms with van der Waals surface area (Å²) in [6, 6.07) is -0.528. The number of hydrogen-bond acceptors (Lipinski definition) is 4. The van der Waals surface area contributed by atoms with E-state index in [9.17, 15) is 4.79 Å². The summed E-state index contributed by atoms with van der Waals surface area (Å²) in [5.41, 5.74) is 5.48. The van der Waals surface area contributed by atoms with E-state index >= 15 is 0 Å². The molecule has 1 rings (SSSR count). The van der Waals surface area contributed by atoms with Crippen LogP contribution in [0.5, 0.6) is 0 Å². The van der Waals surface area contributed by atoms with Crippen molar-refractivity contribution in [3.05, 3.63) is 16.6 Å². The lowest BCUT2D eigenvalue weighted by atomic mass is 10.2. The van der Waals surface area contributed by atoms with Gasteiger partial charge in [0.25, 0.3) is 0 Å². The second kappa shape index (κ2) is 2.90. The van der Waals surface area contributed by atoms with Gasteiger partial charge in [-0.05, 0) is 6.92 Å². The van der Waals surface area contributed by atoms with Gasteiger partial charge in [0.15, 0.2) is 5.78 Å². The van der Waals surface area contributed by atoms with Gasteiger partial charge in [0, 0.05) is 11.6 Å². The lowest BCUT2D eigenvalue weighted by molar-refractivity contribution is -0.118. The van der Waals surface area contributed by atoms with E-state index in [0.717, 1.165) is 0 Å². The van der Waals surface area contributed by atoms with Gasteiger partial charge in [0.1, 0.15) is 11.0 Å². The maximum absolute atomic E-state index is 10.7. The van der Waals surface area contributed by atoms with E-state index in [1.54, 1.807) is 11.6 Å². The van der Waals surface area contributed by atoms with Gasteiger partial charge in [-0.3, -0.25) is 4.79 Å². The molecule has 1 atom stereocenters. The zero-order chi connectivity index (χ0) is 7.56. The molecule has 3 nitrogen and oxygen atoms in total. The van der Waals surface area contributed by atoms with Crippen LogP contribution in [0.2, 0.25) is 0 Å². The second-order valence-corrected chi connectivity index (χ2v) is 2.88. The number of nitrogens with zero attached hydrogens (tertiary/aromatic N) is 1. The highest BCUT2D eigenvalue weighted by atomic mass is 32.1. The smallest absolute Gasteiger partial charge is 0.153 e. The first-order valence-corrected chi connectivity index (χ1v) is 3.75. The van der Waals surface area contributed by atoms with E-state index in [-0.39, 0.29) is 5.78 Å². The quantitative estimate of drug-likeness (QED) is 0.686. The van der Waals surface area contributed by atoms with E-state index in [1.807, 2.05) is 0 Å². The SMILES string of the molecule is CC(=O)C(N)c1nccs1. The van der Waals surface area contributed by atoms with Crippen molar-refractivity contribution in [2.24, 2.45) is 5.73 Å². The summed E-state index contributed by atoms with van der Waals surface area (Å²) in [4.78, 5) is 14.6. The van der Waals surface area contributed by atoms with Crippen molar-refractivity contribution >= 4 is 17.1 Å². The average Bonchev–Trinajstić information content (AvgIpc) is 2.36. The van der Waals surface area contributed by atoms with E-state index < -0.39 is 6.04 Å². The van der Waals surface area contributed by atoms with Crippen LogP contribution in [0.4, 0.5) is 0 Å². The third-order valence-electron chi connectivity index (χ3n) is 1.16. The van der Waals surface area contributed by atoms with Crippen LogP contribution < -0.4 is 5.73 Å². The van der Waals surface area contributed by atoms with Gasteiger partial charge in [0.2, 0.25) is 0 Å². The van der Waals surface area contributed by atoms with Crippen LogP contribution in [-0.4, -0.2) is 10.8 Å². The van der Waals surface area contributed by atoms with Crippen LogP contribution in [0, 0.1) is 0 Å². The van der Waals surface area contributed by atoms with E-state index in [2.05, 4.69) is 4.98 Å². The molecular formula is C6H8N2OS. The fourth-order valence-electron chi connectivity index (χ4n) is 0.562. The molecule has 0 aliphatic heterocycles. The molecule has 1 aromatic heterocycles. The number of Topliss-reactive ketones (excluding diaryl/α,β-unsaturated/α-hetero) is 1. The molecule has 0 aliphatic carbocycles. The summed E-state index contributed by atoms with van der Waals surface area (Å²) < 4.78 is 0. The summed E-state index contributed by atoms with van der Waals surface area (Å²) >= 11 is 1.40. The zero-order valence-corrected chi connectivity index (χ0v) is 6.39. The van der Waals surface area contributed by atoms with Gasteiger partial charge in [-0.1, -0.05) is 0 Å². The number of thiazole rings is 1. The molecule has 0 bridgehead atoms. The van der Waals surface area contributed by atoms with Gasteiger partial charge in [0.05, 0.1) is 0 Å². The van der Waals surface area contributed by atoms with Crippen LogP contribution in [0.3, 0.4) is 0 Å². The lowest BCUT2D eigenvalue weighted by Gasteiger charge is -2.00. The molecule has 1 heterocycles. The molecule has 0 spiro atoms. The van der Waals surface area contributed by atoms with Gasteiger partial charge in [-0.2, -0.15) is 0 Å². The average molecular weight is 156 g/mol. The predicted octanol–water partition coefficient (Wildman–Crippen LogP) is 0.732. The Bertz CT molecular complexity index is 220. The summed E-state index contributed by atoms with van der Waals surface area (Å²) in [6.45, 7) is 1.46. The minimum absolute atomic E-state index is 0.0463. The van der Waals surface area contributed by atoms with E-state index in [0.29, 0.717) is 5.01 Å². The number of carbonyl (C=O) groups is 1. The molecule has 10 heavy (non-hydrogen) atoms. The second-order valence-electron chi connectivity index (χ2n) is 1.96. The number of hydrogen-bond donors (Lipinski definition) is 1. The van der Waals surface area contributed by atoms with Crippen molar-refractivity contribution in [3.63, 3.8) is 0 Å². The van der Waals surface area contributed by atoms with Crippen LogP contribution in [0.15, 0.2) is 11.6 Å². The maximum Gasteiger partial charge on any atom is 0.153 e. The van der Waals surface area contributed by atoms with Crippen molar-refractivity contribution in [3.8, 4) is 0 Å². The van der Waals surface area contributed by atoms with Crippen molar-refractivity contribution in [2.45, 2.75) is 13.0 Å². The predicted molar refractivity (Wildman–Crippen MR) is 39.7 cm³/mol. The van der Waals surface area contributed by atoms with Gasteiger partial charge in [-0.15, -0.1) is 11.3 Å². The maximum atomic E-state index is 10.7. The van der Waals surface area contributed by atoms with E-state index in [1.165, 1.54) is 18.3 Å². The standard InChI is InChI=1S/C6H8N2OS/c1-4(9)5(7)6-8-2-3-10-6/h2-3,5H,7H2,1H3. The van der Waals surface area contributed by atoms with Crippen molar-refractivity contribution < 1.29 is 4.79 Å². The fourth-order valence-corrected chi connectivity index (χ4v) is 1.26. The number of nitrogens with two attached hydrogens (primary N) is 1. The molecule has 4 heteroatoms. The Kier molecular flexibility index (Phi) is 2.13. The molecule has 0 radical (unpaired) electrons. The third kappa shape index (κ3) is 1.40. The molecule has 0 saturated carbocycles. The summed E-state index contributed by atoms with van der Waals surface area (Å²) in [7, 11) is 0. The molecule has 0 aliphatic rings. The highest BCUT2D eigenvalue weighted by Crippen LogP contribution is 2.12. The first-order valence-electron chi connectivity index (χ1n) is 2.87. The Morgan fingerprint density at radius 2 is 2.60 bits per heavy atom. The normalized spacial score (nSPS) is 13.0. The fraction of sp³-hybridized carbons (Fsp3) is 0.333. The van der Waals surface area contributed by atoms with Crippen molar-refractivity contribution in [2.75, 3.05) is 0 Å². The molecule has 54 valence electrons. The lowest BCUT2D eigenvalue weighted by Crippen LogP contribution is -2.17. The van der Waals surface area contributed by atoms with Gasteiger partial charge < -0.3 is 5.73 Å². The van der Waals surface area contributed by atoms with E-state index in [4.69, 9.17) is 5.73 Å². The number of aromatic nitrogens is 1. The molecular weight excluding hydrogens is 148 g/mol. The third-order valence-corrected chi connectivity index (χ3v) is 2.01. The summed E-state index contributed by atoms with van der Waals surface area (Å²) in [5.74, 6) is -0.0463. The summed E-state index contributed by atoms with van der Waals surface area (Å²) in [6.07, 6.45) is 1.64. The Morgan fingerprint density at radius 1 is 1.90 bits per heavy atom. The zero-order valence-electron chi connectivity index (χ0n) is 5.57. The molecule has 0 fully saturated rings. The first-order chi connectivity index (χ1) is 4.72. The Morgan fingerprint density at radius 3 is 3.00 bits per heavy atom. The molecule has 0 amide bonds. The molecule has 0 saturated heterocycles. The van der Waals surface area contributed by atoms with Crippen LogP contribution in [-0.2, 0) is 4.79 Å². The Balaban J connectivity index is 2.77. The number of carbonyl (C=O) groups excluding carboxylic acids is 1. The van der Waals surface area contributed by atoms with Crippen LogP contribution in [0.1, 0.15) is 18.0 Å². The highest BCUT2D eigenvalue weighted by molar-refractivity contribution is 7.09. The van der Waals surface area contributed by atoms with Crippen LogP contribution >= 0.6 is 11.3 Å². The first kappa shape index (κ1) is 7.37. The highest BCUT2D eigenvalue weighted by Gasteiger charge is 2.12. The summed E-state index contributed by atoms with van der Waals surface area (Å²) in [5, 5.41) is 2.49. The minimum atomic E-state index is -0.528. The van der Waals surface area contributed by atoms with Gasteiger partial charge >= 0.3 is 0 Å². The Labute approximate surface area is 62.9 Å². The topological polar surface area (TPSA) is 56.0 Å². The van der Waals surface area contributed by atoms with Gasteiger partial charge in [-0.25, -0.2) is 4.98 Å². The molecule has 0 aromatic carbocycles. The van der Waals surface area contributed by atoms with Crippen molar-refractivity contribution in [1.82, 2.24) is 4.98 Å². The number of rotatable bonds is 2. The molecule has 1 unspecified atom stereocenters. The Hall–Kier alpha value is -0.740. The largest absolute Gasteiger partial charge is 0.316 e. The molecule has 2 N–H and O–H groups in total. The monoisotopic (exact) mass is 156 g/mol.